The molecule has 6 nitrogen and oxygen atoms in total. The van der Waals surface area contributed by atoms with Gasteiger partial charge in [-0.3, -0.25) is 9.59 Å². The van der Waals surface area contributed by atoms with Crippen molar-refractivity contribution >= 4 is 34.6 Å². The van der Waals surface area contributed by atoms with Crippen molar-refractivity contribution in [1.29, 1.82) is 0 Å². The van der Waals surface area contributed by atoms with Crippen LogP contribution in [0.25, 0.3) is 11.1 Å². The molecule has 0 atom stereocenters. The lowest BCUT2D eigenvalue weighted by Crippen LogP contribution is -2.10. The Morgan fingerprint density at radius 3 is 2.77 bits per heavy atom. The number of carbonyl (C=O) groups excluding carboxylic acids is 2. The smallest absolute Gasteiger partial charge is 0.307 e. The number of aryl methyl sites for hydroxylation is 1. The van der Waals surface area contributed by atoms with Crippen LogP contribution in [0.5, 0.6) is 0 Å². The normalized spacial score (nSPS) is 11.0. The molecule has 0 aliphatic heterocycles. The minimum absolute atomic E-state index is 0.00896. The third kappa shape index (κ3) is 3.83. The fraction of sp³-hybridized carbons (Fsp3) is 0.316. The van der Waals surface area contributed by atoms with Crippen LogP contribution in [0.3, 0.4) is 0 Å². The number of carbonyl (C=O) groups is 2. The summed E-state index contributed by atoms with van der Waals surface area (Å²) in [5.74, 6) is -0.0136. The molecule has 0 aliphatic carbocycles. The number of esters is 1. The van der Waals surface area contributed by atoms with Crippen LogP contribution in [-0.4, -0.2) is 34.2 Å². The zero-order chi connectivity index (χ0) is 18.7. The zero-order valence-electron chi connectivity index (χ0n) is 14.9. The van der Waals surface area contributed by atoms with Gasteiger partial charge in [-0.15, -0.1) is 0 Å². The third-order valence-electron chi connectivity index (χ3n) is 4.24. The number of hydrogen-bond donors (Lipinski definition) is 0. The van der Waals surface area contributed by atoms with Gasteiger partial charge in [0.25, 0.3) is 5.22 Å². The molecule has 0 unspecified atom stereocenters. The number of methoxy groups -OCH3 is 1. The first kappa shape index (κ1) is 18.3. The van der Waals surface area contributed by atoms with Gasteiger partial charge in [0.05, 0.1) is 19.3 Å². The molecule has 0 radical (unpaired) electrons. The molecule has 0 bridgehead atoms. The van der Waals surface area contributed by atoms with Crippen LogP contribution >= 0.6 is 11.8 Å². The number of ketones is 1. The van der Waals surface area contributed by atoms with Crippen molar-refractivity contribution in [1.82, 2.24) is 9.55 Å². The minimum Gasteiger partial charge on any atom is -0.469 e. The van der Waals surface area contributed by atoms with Crippen LogP contribution in [0.15, 0.2) is 40.0 Å². The molecule has 0 N–H and O–H groups in total. The number of nitrogens with zero attached hydrogens (tertiary/aromatic N) is 2. The Hall–Kier alpha value is -2.54. The highest BCUT2D eigenvalue weighted by atomic mass is 32.2. The fourth-order valence-corrected chi connectivity index (χ4v) is 3.57. The lowest BCUT2D eigenvalue weighted by atomic mass is 10.2. The standard InChI is InChI=1S/C19H20N2O4S/c1-12-10-14(13(2)21(12)9-8-18(23)24-3)16(22)11-26-19-20-15-6-4-5-7-17(15)25-19/h4-7,10H,8-9,11H2,1-3H3. The number of aromatic nitrogens is 2. The summed E-state index contributed by atoms with van der Waals surface area (Å²) in [6, 6.07) is 9.37. The Balaban J connectivity index is 1.68. The maximum atomic E-state index is 12.6. The number of Topliss-reactive ketones (excluding diaryl/α,β-unsaturated/α-hetero) is 1. The number of thioether (sulfide) groups is 1. The van der Waals surface area contributed by atoms with Gasteiger partial charge < -0.3 is 13.7 Å². The summed E-state index contributed by atoms with van der Waals surface area (Å²) >= 11 is 1.28. The summed E-state index contributed by atoms with van der Waals surface area (Å²) in [7, 11) is 1.37. The van der Waals surface area contributed by atoms with E-state index in [1.807, 2.05) is 48.7 Å². The van der Waals surface area contributed by atoms with E-state index in [9.17, 15) is 9.59 Å². The fourth-order valence-electron chi connectivity index (χ4n) is 2.85. The molecule has 1 aromatic carbocycles. The molecule has 0 fully saturated rings. The van der Waals surface area contributed by atoms with Crippen LogP contribution in [0.1, 0.15) is 28.2 Å². The van der Waals surface area contributed by atoms with E-state index in [-0.39, 0.29) is 23.9 Å². The maximum Gasteiger partial charge on any atom is 0.307 e. The SMILES string of the molecule is COC(=O)CCn1c(C)cc(C(=O)CSc2nc3ccccc3o2)c1C. The predicted octanol–water partition coefficient (Wildman–Crippen LogP) is 3.78. The highest BCUT2D eigenvalue weighted by Gasteiger charge is 2.17. The average molecular weight is 372 g/mol. The van der Waals surface area contributed by atoms with Crippen molar-refractivity contribution in [2.24, 2.45) is 0 Å². The lowest BCUT2D eigenvalue weighted by molar-refractivity contribution is -0.140. The van der Waals surface area contributed by atoms with Crippen molar-refractivity contribution < 1.29 is 18.7 Å². The van der Waals surface area contributed by atoms with Crippen LogP contribution < -0.4 is 0 Å². The van der Waals surface area contributed by atoms with Crippen LogP contribution in [0.2, 0.25) is 0 Å². The second-order valence-corrected chi connectivity index (χ2v) is 6.85. The Morgan fingerprint density at radius 1 is 1.27 bits per heavy atom. The Labute approximate surface area is 155 Å². The van der Waals surface area contributed by atoms with Crippen LogP contribution in [-0.2, 0) is 16.1 Å². The van der Waals surface area contributed by atoms with Crippen molar-refractivity contribution in [3.8, 4) is 0 Å². The molecule has 0 aliphatic rings. The molecular formula is C19H20N2O4S. The molecule has 26 heavy (non-hydrogen) atoms. The van der Waals surface area contributed by atoms with E-state index >= 15 is 0 Å². The monoisotopic (exact) mass is 372 g/mol. The summed E-state index contributed by atoms with van der Waals surface area (Å²) in [4.78, 5) is 28.3. The molecule has 0 spiro atoms. The Bertz CT molecular complexity index is 925. The van der Waals surface area contributed by atoms with Crippen molar-refractivity contribution in [2.75, 3.05) is 12.9 Å². The second-order valence-electron chi connectivity index (χ2n) is 5.92. The Kier molecular flexibility index (Phi) is 5.46. The van der Waals surface area contributed by atoms with E-state index in [2.05, 4.69) is 9.72 Å². The third-order valence-corrected chi connectivity index (χ3v) is 5.07. The van der Waals surface area contributed by atoms with Crippen LogP contribution in [0.4, 0.5) is 0 Å². The lowest BCUT2D eigenvalue weighted by Gasteiger charge is -2.08. The molecular weight excluding hydrogens is 352 g/mol. The maximum absolute atomic E-state index is 12.6. The zero-order valence-corrected chi connectivity index (χ0v) is 15.8. The Morgan fingerprint density at radius 2 is 2.04 bits per heavy atom. The number of fused-ring (bicyclic) bond motifs is 1. The topological polar surface area (TPSA) is 74.3 Å². The number of para-hydroxylation sites is 2. The van der Waals surface area contributed by atoms with Gasteiger partial charge in [-0.1, -0.05) is 23.9 Å². The molecule has 0 saturated carbocycles. The molecule has 7 heteroatoms. The first-order valence-corrected chi connectivity index (χ1v) is 9.23. The van der Waals surface area contributed by atoms with Gasteiger partial charge in [0.15, 0.2) is 11.4 Å². The average Bonchev–Trinajstić information content (AvgIpc) is 3.18. The van der Waals surface area contributed by atoms with E-state index in [0.717, 1.165) is 16.9 Å². The van der Waals surface area contributed by atoms with Gasteiger partial charge in [0.1, 0.15) is 5.52 Å². The van der Waals surface area contributed by atoms with Crippen LogP contribution in [0, 0.1) is 13.8 Å². The summed E-state index contributed by atoms with van der Waals surface area (Å²) in [6.45, 7) is 4.31. The molecule has 2 heterocycles. The number of rotatable bonds is 7. The summed E-state index contributed by atoms with van der Waals surface area (Å²) in [6.07, 6.45) is 0.276. The van der Waals surface area contributed by atoms with E-state index in [4.69, 9.17) is 4.42 Å². The van der Waals surface area contributed by atoms with Crippen molar-refractivity contribution in [3.63, 3.8) is 0 Å². The molecule has 2 aromatic heterocycles. The first-order valence-electron chi connectivity index (χ1n) is 8.24. The van der Waals surface area contributed by atoms with Gasteiger partial charge >= 0.3 is 5.97 Å². The minimum atomic E-state index is -0.267. The van der Waals surface area contributed by atoms with Gasteiger partial charge in [-0.2, -0.15) is 0 Å². The van der Waals surface area contributed by atoms with E-state index < -0.39 is 0 Å². The van der Waals surface area contributed by atoms with E-state index in [1.54, 1.807) is 0 Å². The van der Waals surface area contributed by atoms with Gasteiger partial charge in [-0.25, -0.2) is 4.98 Å². The number of oxazole rings is 1. The quantitative estimate of drug-likeness (QED) is 0.357. The highest BCUT2D eigenvalue weighted by Crippen LogP contribution is 2.25. The van der Waals surface area contributed by atoms with E-state index in [1.165, 1.54) is 18.9 Å². The molecule has 3 aromatic rings. The first-order chi connectivity index (χ1) is 12.5. The predicted molar refractivity (Wildman–Crippen MR) is 99.6 cm³/mol. The van der Waals surface area contributed by atoms with Gasteiger partial charge in [0.2, 0.25) is 0 Å². The number of ether oxygens (including phenoxy) is 1. The van der Waals surface area contributed by atoms with Gasteiger partial charge in [-0.05, 0) is 32.0 Å². The molecule has 136 valence electrons. The van der Waals surface area contributed by atoms with Gasteiger partial charge in [0, 0.05) is 23.5 Å². The molecule has 0 saturated heterocycles. The molecule has 3 rings (SSSR count). The second kappa shape index (κ2) is 7.78. The summed E-state index contributed by atoms with van der Waals surface area (Å²) in [5.41, 5.74) is 3.96. The summed E-state index contributed by atoms with van der Waals surface area (Å²) in [5, 5.41) is 0.485. The molecule has 0 amide bonds. The largest absolute Gasteiger partial charge is 0.469 e. The highest BCUT2D eigenvalue weighted by molar-refractivity contribution is 7.99. The number of benzene rings is 1. The van der Waals surface area contributed by atoms with Crippen molar-refractivity contribution in [3.05, 3.63) is 47.3 Å². The van der Waals surface area contributed by atoms with E-state index in [0.29, 0.717) is 22.9 Å². The van der Waals surface area contributed by atoms with Crippen molar-refractivity contribution in [2.45, 2.75) is 32.0 Å². The summed E-state index contributed by atoms with van der Waals surface area (Å²) < 4.78 is 12.3. The number of hydrogen-bond acceptors (Lipinski definition) is 6.